The maximum absolute atomic E-state index is 13.0. The molecule has 1 fully saturated rings. The number of aryl methyl sites for hydroxylation is 1. The summed E-state index contributed by atoms with van der Waals surface area (Å²) < 4.78 is 18.2. The van der Waals surface area contributed by atoms with Crippen LogP contribution in [0.15, 0.2) is 24.3 Å². The van der Waals surface area contributed by atoms with E-state index in [4.69, 9.17) is 4.74 Å². The van der Waals surface area contributed by atoms with Crippen LogP contribution in [-0.4, -0.2) is 38.3 Å². The Hall–Kier alpha value is -1.33. The Labute approximate surface area is 130 Å². The number of hydrogen-bond donors (Lipinski definition) is 2. The third kappa shape index (κ3) is 5.52. The van der Waals surface area contributed by atoms with E-state index in [0.29, 0.717) is 32.4 Å². The molecule has 1 amide bonds. The Bertz CT molecular complexity index is 459. The summed E-state index contributed by atoms with van der Waals surface area (Å²) in [6, 6.07) is 7.73. The minimum atomic E-state index is -0.787. The molecule has 1 aromatic rings. The number of nitrogens with one attached hydrogen (secondary N) is 2. The van der Waals surface area contributed by atoms with E-state index in [0.717, 1.165) is 11.3 Å². The summed E-state index contributed by atoms with van der Waals surface area (Å²) in [5, 5.41) is 5.89. The van der Waals surface area contributed by atoms with Crippen LogP contribution in [0.3, 0.4) is 0 Å². The van der Waals surface area contributed by atoms with Gasteiger partial charge in [-0.25, -0.2) is 4.39 Å². The van der Waals surface area contributed by atoms with Crippen molar-refractivity contribution in [2.75, 3.05) is 20.2 Å². The Balaban J connectivity index is 0.00000220. The molecule has 0 radical (unpaired) electrons. The van der Waals surface area contributed by atoms with Gasteiger partial charge in [0, 0.05) is 25.6 Å². The Kier molecular flexibility index (Phi) is 7.47. The number of benzene rings is 1. The molecule has 1 heterocycles. The predicted molar refractivity (Wildman–Crippen MR) is 82.9 cm³/mol. The van der Waals surface area contributed by atoms with E-state index < -0.39 is 6.17 Å². The highest BCUT2D eigenvalue weighted by Crippen LogP contribution is 2.18. The molecule has 1 aliphatic heterocycles. The summed E-state index contributed by atoms with van der Waals surface area (Å²) in [6.45, 7) is 0.882. The Morgan fingerprint density at radius 3 is 2.90 bits per heavy atom. The first-order valence-electron chi connectivity index (χ1n) is 6.95. The highest BCUT2D eigenvalue weighted by Gasteiger charge is 2.23. The van der Waals surface area contributed by atoms with Gasteiger partial charge < -0.3 is 15.4 Å². The van der Waals surface area contributed by atoms with Gasteiger partial charge in [0.2, 0.25) is 5.91 Å². The number of alkyl halides is 1. The van der Waals surface area contributed by atoms with Crippen molar-refractivity contribution >= 4 is 18.3 Å². The van der Waals surface area contributed by atoms with Gasteiger partial charge in [-0.3, -0.25) is 4.79 Å². The van der Waals surface area contributed by atoms with E-state index in [1.807, 2.05) is 24.3 Å². The van der Waals surface area contributed by atoms with Gasteiger partial charge in [-0.15, -0.1) is 12.4 Å². The lowest BCUT2D eigenvalue weighted by atomic mass is 10.1. The lowest BCUT2D eigenvalue weighted by Gasteiger charge is -2.12. The lowest BCUT2D eigenvalue weighted by molar-refractivity contribution is -0.121. The molecule has 118 valence electrons. The largest absolute Gasteiger partial charge is 0.496 e. The summed E-state index contributed by atoms with van der Waals surface area (Å²) >= 11 is 0. The van der Waals surface area contributed by atoms with Crippen LogP contribution in [0.1, 0.15) is 18.4 Å². The maximum Gasteiger partial charge on any atom is 0.220 e. The normalized spacial score (nSPS) is 20.7. The van der Waals surface area contributed by atoms with Crippen LogP contribution in [0.2, 0.25) is 0 Å². The van der Waals surface area contributed by atoms with Crippen molar-refractivity contribution in [1.29, 1.82) is 0 Å². The molecule has 0 aromatic heterocycles. The van der Waals surface area contributed by atoms with E-state index in [2.05, 4.69) is 10.6 Å². The van der Waals surface area contributed by atoms with Crippen molar-refractivity contribution in [3.8, 4) is 5.75 Å². The van der Waals surface area contributed by atoms with Crippen molar-refractivity contribution in [2.45, 2.75) is 31.5 Å². The zero-order valence-electron chi connectivity index (χ0n) is 12.1. The predicted octanol–water partition coefficient (Wildman–Crippen LogP) is 1.87. The molecule has 0 saturated carbocycles. The first-order valence-corrected chi connectivity index (χ1v) is 6.95. The number of carbonyl (C=O) groups excluding carboxylic acids is 1. The number of amides is 1. The quantitative estimate of drug-likeness (QED) is 0.842. The molecule has 2 N–H and O–H groups in total. The highest BCUT2D eigenvalue weighted by atomic mass is 35.5. The molecule has 2 rings (SSSR count). The lowest BCUT2D eigenvalue weighted by Crippen LogP contribution is -2.37. The zero-order valence-corrected chi connectivity index (χ0v) is 12.9. The molecule has 4 nitrogen and oxygen atoms in total. The van der Waals surface area contributed by atoms with Crippen molar-refractivity contribution in [3.63, 3.8) is 0 Å². The summed E-state index contributed by atoms with van der Waals surface area (Å²) in [6.07, 6.45) is 0.740. The van der Waals surface area contributed by atoms with Gasteiger partial charge in [0.25, 0.3) is 0 Å². The molecule has 1 aliphatic rings. The van der Waals surface area contributed by atoms with Gasteiger partial charge in [-0.05, 0) is 24.5 Å². The van der Waals surface area contributed by atoms with Crippen LogP contribution < -0.4 is 15.4 Å². The van der Waals surface area contributed by atoms with Crippen LogP contribution in [0.4, 0.5) is 4.39 Å². The second-order valence-electron chi connectivity index (χ2n) is 5.05. The van der Waals surface area contributed by atoms with Gasteiger partial charge in [0.1, 0.15) is 11.9 Å². The summed E-state index contributed by atoms with van der Waals surface area (Å²) in [5.74, 6) is 0.790. The number of rotatable bonds is 6. The molecule has 0 spiro atoms. The van der Waals surface area contributed by atoms with E-state index in [1.54, 1.807) is 7.11 Å². The highest BCUT2D eigenvalue weighted by molar-refractivity contribution is 5.85. The number of ether oxygens (including phenoxy) is 1. The van der Waals surface area contributed by atoms with Crippen LogP contribution in [-0.2, 0) is 11.2 Å². The molecule has 1 saturated heterocycles. The SMILES string of the molecule is COc1ccccc1CCC(=O)NC[C@@H]1C[C@H](F)CN1.Cl. The maximum atomic E-state index is 13.0. The topological polar surface area (TPSA) is 50.4 Å². The standard InChI is InChI=1S/C15H21FN2O2.ClH/c1-20-14-5-3-2-4-11(14)6-7-15(19)18-10-13-8-12(16)9-17-13;/h2-5,12-13,17H,6-10H2,1H3,(H,18,19);1H/t12-,13-;/m0./s1. The number of halogens is 2. The first-order chi connectivity index (χ1) is 9.69. The molecule has 21 heavy (non-hydrogen) atoms. The summed E-state index contributed by atoms with van der Waals surface area (Å²) in [7, 11) is 1.62. The first kappa shape index (κ1) is 17.7. The molecule has 0 aliphatic carbocycles. The third-order valence-electron chi connectivity index (χ3n) is 3.53. The molecular formula is C15H22ClFN2O2. The van der Waals surface area contributed by atoms with Crippen LogP contribution in [0.5, 0.6) is 5.75 Å². The van der Waals surface area contributed by atoms with E-state index in [9.17, 15) is 9.18 Å². The second kappa shape index (κ2) is 8.85. The van der Waals surface area contributed by atoms with Crippen LogP contribution >= 0.6 is 12.4 Å². The monoisotopic (exact) mass is 316 g/mol. The number of hydrogen-bond acceptors (Lipinski definition) is 3. The van der Waals surface area contributed by atoms with Gasteiger partial charge in [0.15, 0.2) is 0 Å². The van der Waals surface area contributed by atoms with Gasteiger partial charge in [-0.2, -0.15) is 0 Å². The fourth-order valence-corrected chi connectivity index (χ4v) is 2.41. The van der Waals surface area contributed by atoms with E-state index >= 15 is 0 Å². The van der Waals surface area contributed by atoms with Crippen LogP contribution in [0.25, 0.3) is 0 Å². The van der Waals surface area contributed by atoms with Gasteiger partial charge in [-0.1, -0.05) is 18.2 Å². The van der Waals surface area contributed by atoms with Crippen molar-refractivity contribution in [1.82, 2.24) is 10.6 Å². The molecule has 0 bridgehead atoms. The van der Waals surface area contributed by atoms with E-state index in [1.165, 1.54) is 0 Å². The molecule has 1 aromatic carbocycles. The third-order valence-corrected chi connectivity index (χ3v) is 3.53. The average Bonchev–Trinajstić information content (AvgIpc) is 2.89. The molecule has 2 atom stereocenters. The van der Waals surface area contributed by atoms with Crippen molar-refractivity contribution in [3.05, 3.63) is 29.8 Å². The molecule has 6 heteroatoms. The summed E-state index contributed by atoms with van der Waals surface area (Å²) in [4.78, 5) is 11.8. The second-order valence-corrected chi connectivity index (χ2v) is 5.05. The van der Waals surface area contributed by atoms with Gasteiger partial charge >= 0.3 is 0 Å². The Morgan fingerprint density at radius 1 is 1.48 bits per heavy atom. The minimum absolute atomic E-state index is 0. The summed E-state index contributed by atoms with van der Waals surface area (Å²) in [5.41, 5.74) is 1.02. The Morgan fingerprint density at radius 2 is 2.24 bits per heavy atom. The van der Waals surface area contributed by atoms with Crippen molar-refractivity contribution < 1.29 is 13.9 Å². The van der Waals surface area contributed by atoms with E-state index in [-0.39, 0.29) is 24.4 Å². The smallest absolute Gasteiger partial charge is 0.220 e. The minimum Gasteiger partial charge on any atom is -0.496 e. The fraction of sp³-hybridized carbons (Fsp3) is 0.533. The number of para-hydroxylation sites is 1. The number of methoxy groups -OCH3 is 1. The van der Waals surface area contributed by atoms with Crippen molar-refractivity contribution in [2.24, 2.45) is 0 Å². The van der Waals surface area contributed by atoms with Crippen LogP contribution in [0, 0.1) is 0 Å². The molecule has 0 unspecified atom stereocenters. The fourth-order valence-electron chi connectivity index (χ4n) is 2.41. The molecular weight excluding hydrogens is 295 g/mol. The number of carbonyl (C=O) groups is 1. The zero-order chi connectivity index (χ0) is 14.4. The average molecular weight is 317 g/mol. The van der Waals surface area contributed by atoms with Gasteiger partial charge in [0.05, 0.1) is 7.11 Å².